The van der Waals surface area contributed by atoms with Crippen LogP contribution < -0.4 is 15.4 Å². The van der Waals surface area contributed by atoms with Gasteiger partial charge in [-0.3, -0.25) is 0 Å². The molecule has 0 bridgehead atoms. The molecule has 5 rings (SSSR count). The number of para-hydroxylation sites is 1. The molecule has 4 aromatic carbocycles. The fourth-order valence-electron chi connectivity index (χ4n) is 3.87. The molecule has 1 aromatic heterocycles. The quantitative estimate of drug-likeness (QED) is 0.163. The van der Waals surface area contributed by atoms with Gasteiger partial charge in [-0.2, -0.15) is 0 Å². The molecule has 0 unspecified atom stereocenters. The highest BCUT2D eigenvalue weighted by atomic mass is 19.4. The molecule has 0 radical (unpaired) electrons. The van der Waals surface area contributed by atoms with E-state index >= 15 is 0 Å². The number of anilines is 2. The number of halogens is 6. The zero-order valence-corrected chi connectivity index (χ0v) is 20.6. The van der Waals surface area contributed by atoms with Gasteiger partial charge in [0.2, 0.25) is 0 Å². The van der Waals surface area contributed by atoms with Crippen LogP contribution in [0.15, 0.2) is 91.3 Å². The first-order chi connectivity index (χ1) is 19.6. The minimum absolute atomic E-state index is 0.151. The van der Waals surface area contributed by atoms with Crippen molar-refractivity contribution in [1.82, 2.24) is 14.8 Å². The summed E-state index contributed by atoms with van der Waals surface area (Å²) in [5, 5.41) is 9.51. The first kappa shape index (κ1) is 27.2. The van der Waals surface area contributed by atoms with Gasteiger partial charge in [-0.1, -0.05) is 18.2 Å². The van der Waals surface area contributed by atoms with Gasteiger partial charge < -0.3 is 15.4 Å². The monoisotopic (exact) mass is 569 g/mol. The minimum Gasteiger partial charge on any atom is -0.406 e. The summed E-state index contributed by atoms with van der Waals surface area (Å²) in [6, 6.07) is 18.8. The van der Waals surface area contributed by atoms with Crippen LogP contribution in [0.3, 0.4) is 0 Å². The molecule has 7 nitrogen and oxygen atoms in total. The van der Waals surface area contributed by atoms with Crippen LogP contribution >= 0.6 is 0 Å². The van der Waals surface area contributed by atoms with E-state index in [0.717, 1.165) is 24.3 Å². The molecule has 0 saturated heterocycles. The van der Waals surface area contributed by atoms with Crippen molar-refractivity contribution in [3.63, 3.8) is 0 Å². The molecule has 5 aromatic rings. The van der Waals surface area contributed by atoms with E-state index in [2.05, 4.69) is 25.5 Å². The van der Waals surface area contributed by atoms with E-state index in [1.54, 1.807) is 36.4 Å². The molecule has 0 aliphatic rings. The molecule has 41 heavy (non-hydrogen) atoms. The lowest BCUT2D eigenvalue weighted by Crippen LogP contribution is -2.19. The number of benzene rings is 4. The summed E-state index contributed by atoms with van der Waals surface area (Å²) in [6.45, 7) is 0. The predicted octanol–water partition coefficient (Wildman–Crippen LogP) is 7.56. The van der Waals surface area contributed by atoms with E-state index in [4.69, 9.17) is 0 Å². The molecule has 208 valence electrons. The van der Waals surface area contributed by atoms with Crippen LogP contribution in [0.5, 0.6) is 5.75 Å². The van der Waals surface area contributed by atoms with Gasteiger partial charge in [0.15, 0.2) is 23.3 Å². The number of nitrogens with one attached hydrogen (secondary N) is 2. The Morgan fingerprint density at radius 2 is 1.49 bits per heavy atom. The van der Waals surface area contributed by atoms with Crippen LogP contribution in [-0.2, 0) is 0 Å². The zero-order valence-electron chi connectivity index (χ0n) is 20.6. The molecule has 0 fully saturated rings. The van der Waals surface area contributed by atoms with E-state index in [1.807, 2.05) is 0 Å². The maximum Gasteiger partial charge on any atom is 0.573 e. The van der Waals surface area contributed by atoms with E-state index in [0.29, 0.717) is 22.8 Å². The molecular formula is C28H17F6N5O2. The van der Waals surface area contributed by atoms with Gasteiger partial charge in [0.25, 0.3) is 0 Å². The summed E-state index contributed by atoms with van der Waals surface area (Å²) in [7, 11) is 0. The van der Waals surface area contributed by atoms with Crippen molar-refractivity contribution in [3.8, 4) is 34.0 Å². The van der Waals surface area contributed by atoms with Gasteiger partial charge in [0, 0.05) is 22.4 Å². The fraction of sp³-hybridized carbons (Fsp3) is 0.0357. The lowest BCUT2D eigenvalue weighted by Gasteiger charge is -2.13. The highest BCUT2D eigenvalue weighted by Crippen LogP contribution is 2.32. The Labute approximate surface area is 228 Å². The van der Waals surface area contributed by atoms with Crippen molar-refractivity contribution in [3.05, 3.63) is 109 Å². The second-order valence-corrected chi connectivity index (χ2v) is 8.48. The van der Waals surface area contributed by atoms with E-state index in [9.17, 15) is 31.1 Å². The minimum atomic E-state index is -4.79. The van der Waals surface area contributed by atoms with Gasteiger partial charge in [0.05, 0.1) is 11.4 Å². The second kappa shape index (κ2) is 11.0. The van der Waals surface area contributed by atoms with Crippen molar-refractivity contribution in [2.24, 2.45) is 0 Å². The SMILES string of the molecule is O=C(Nc1ccc(-c2ncn(-c3ccc(OC(F)(F)F)cc3)n2)cc1)Nc1ccccc1-c1ccc(F)c(F)c1F. The summed E-state index contributed by atoms with van der Waals surface area (Å²) >= 11 is 0. The molecule has 0 saturated carbocycles. The molecule has 1 heterocycles. The number of carbonyl (C=O) groups is 1. The van der Waals surface area contributed by atoms with E-state index < -0.39 is 29.8 Å². The molecule has 0 aliphatic heterocycles. The lowest BCUT2D eigenvalue weighted by molar-refractivity contribution is -0.274. The Morgan fingerprint density at radius 1 is 0.780 bits per heavy atom. The Balaban J connectivity index is 1.25. The smallest absolute Gasteiger partial charge is 0.406 e. The summed E-state index contributed by atoms with van der Waals surface area (Å²) in [5.41, 5.74) is 1.53. The van der Waals surface area contributed by atoms with Crippen molar-refractivity contribution in [1.29, 1.82) is 0 Å². The molecule has 2 N–H and O–H groups in total. The van der Waals surface area contributed by atoms with Crippen molar-refractivity contribution < 1.29 is 35.9 Å². The third-order valence-corrected chi connectivity index (χ3v) is 5.73. The standard InChI is InChI=1S/C28H17F6N5O2/c29-22-14-13-21(24(30)25(22)31)20-3-1-2-4-23(20)37-27(40)36-17-7-5-16(6-8-17)26-35-15-39(38-26)18-9-11-19(12-10-18)41-28(32,33)34/h1-15H,(H2,36,37,40). The largest absolute Gasteiger partial charge is 0.573 e. The molecule has 0 atom stereocenters. The average Bonchev–Trinajstić information content (AvgIpc) is 3.43. The molecule has 2 amide bonds. The number of nitrogens with zero attached hydrogens (tertiary/aromatic N) is 3. The third kappa shape index (κ3) is 6.30. The van der Waals surface area contributed by atoms with Crippen molar-refractivity contribution in [2.75, 3.05) is 10.6 Å². The van der Waals surface area contributed by atoms with E-state index in [1.165, 1.54) is 35.3 Å². The van der Waals surface area contributed by atoms with Crippen molar-refractivity contribution >= 4 is 17.4 Å². The van der Waals surface area contributed by atoms with Gasteiger partial charge in [-0.05, 0) is 66.7 Å². The van der Waals surface area contributed by atoms with Crippen LogP contribution in [-0.4, -0.2) is 27.2 Å². The number of aromatic nitrogens is 3. The molecule has 13 heteroatoms. The van der Waals surface area contributed by atoms with Crippen LogP contribution in [0.2, 0.25) is 0 Å². The van der Waals surface area contributed by atoms with Crippen molar-refractivity contribution in [2.45, 2.75) is 6.36 Å². The third-order valence-electron chi connectivity index (χ3n) is 5.73. The maximum atomic E-state index is 14.4. The highest BCUT2D eigenvalue weighted by Gasteiger charge is 2.31. The number of hydrogen-bond donors (Lipinski definition) is 2. The number of alkyl halides is 3. The lowest BCUT2D eigenvalue weighted by atomic mass is 10.0. The van der Waals surface area contributed by atoms with E-state index in [-0.39, 0.29) is 22.6 Å². The maximum absolute atomic E-state index is 14.4. The van der Waals surface area contributed by atoms with Gasteiger partial charge in [-0.25, -0.2) is 27.6 Å². The molecule has 0 aliphatic carbocycles. The average molecular weight is 569 g/mol. The molecular weight excluding hydrogens is 552 g/mol. The summed E-state index contributed by atoms with van der Waals surface area (Å²) < 4.78 is 83.8. The number of urea groups is 1. The Kier molecular flexibility index (Phi) is 7.34. The fourth-order valence-corrected chi connectivity index (χ4v) is 3.87. The van der Waals surface area contributed by atoms with Gasteiger partial charge in [-0.15, -0.1) is 18.3 Å². The number of hydrogen-bond acceptors (Lipinski definition) is 4. The Hall–Kier alpha value is -5.33. The number of amides is 2. The second-order valence-electron chi connectivity index (χ2n) is 8.48. The summed E-state index contributed by atoms with van der Waals surface area (Å²) in [4.78, 5) is 16.8. The zero-order chi connectivity index (χ0) is 29.1. The highest BCUT2D eigenvalue weighted by molar-refractivity contribution is 6.02. The molecule has 0 spiro atoms. The number of rotatable bonds is 6. The predicted molar refractivity (Wildman–Crippen MR) is 138 cm³/mol. The first-order valence-electron chi connectivity index (χ1n) is 11.8. The summed E-state index contributed by atoms with van der Waals surface area (Å²) in [5.74, 6) is -4.37. The van der Waals surface area contributed by atoms with Gasteiger partial charge >= 0.3 is 12.4 Å². The Bertz CT molecular complexity index is 1700. The first-order valence-corrected chi connectivity index (χ1v) is 11.8. The van der Waals surface area contributed by atoms with Gasteiger partial charge in [0.1, 0.15) is 12.1 Å². The number of ether oxygens (including phenoxy) is 1. The van der Waals surface area contributed by atoms with Crippen LogP contribution in [0.4, 0.5) is 42.5 Å². The Morgan fingerprint density at radius 3 is 2.20 bits per heavy atom. The van der Waals surface area contributed by atoms with Crippen LogP contribution in [0, 0.1) is 17.5 Å². The summed E-state index contributed by atoms with van der Waals surface area (Å²) in [6.07, 6.45) is -3.40. The number of carbonyl (C=O) groups excluding carboxylic acids is 1. The topological polar surface area (TPSA) is 81.1 Å². The van der Waals surface area contributed by atoms with Crippen LogP contribution in [0.1, 0.15) is 0 Å². The normalized spacial score (nSPS) is 11.3. The van der Waals surface area contributed by atoms with Crippen LogP contribution in [0.25, 0.3) is 28.2 Å².